The minimum Gasteiger partial charge on any atom is -0.385 e. The van der Waals surface area contributed by atoms with E-state index in [4.69, 9.17) is 4.74 Å². The summed E-state index contributed by atoms with van der Waals surface area (Å²) in [6, 6.07) is 10.6. The first-order valence-electron chi connectivity index (χ1n) is 6.49. The molecule has 0 aliphatic carbocycles. The van der Waals surface area contributed by atoms with E-state index < -0.39 is 23.8 Å². The Kier molecular flexibility index (Phi) is 3.51. The molecule has 4 heteroatoms. The quantitative estimate of drug-likeness (QED) is 0.911. The summed E-state index contributed by atoms with van der Waals surface area (Å²) in [6.07, 6.45) is -1.14. The number of aliphatic hydroxyl groups excluding tert-OH is 1. The fraction of sp³-hybridized carbons (Fsp3) is 0.250. The second-order valence-electron chi connectivity index (χ2n) is 4.85. The van der Waals surface area contributed by atoms with E-state index in [2.05, 4.69) is 0 Å². The molecule has 1 aliphatic rings. The summed E-state index contributed by atoms with van der Waals surface area (Å²) in [4.78, 5) is 0. The van der Waals surface area contributed by atoms with Crippen molar-refractivity contribution in [2.45, 2.75) is 18.6 Å². The summed E-state index contributed by atoms with van der Waals surface area (Å²) in [6.45, 7) is 0.454. The van der Waals surface area contributed by atoms with E-state index >= 15 is 0 Å². The average Bonchev–Trinajstić information content (AvgIpc) is 2.48. The topological polar surface area (TPSA) is 29.5 Å². The van der Waals surface area contributed by atoms with Gasteiger partial charge in [0, 0.05) is 5.56 Å². The van der Waals surface area contributed by atoms with Crippen LogP contribution in [0.5, 0.6) is 0 Å². The van der Waals surface area contributed by atoms with E-state index in [9.17, 15) is 13.9 Å². The van der Waals surface area contributed by atoms with Gasteiger partial charge in [-0.2, -0.15) is 0 Å². The molecule has 1 N–H and O–H groups in total. The zero-order valence-electron chi connectivity index (χ0n) is 10.7. The normalized spacial score (nSPS) is 19.4. The van der Waals surface area contributed by atoms with Gasteiger partial charge in [-0.25, -0.2) is 8.78 Å². The van der Waals surface area contributed by atoms with Gasteiger partial charge in [-0.15, -0.1) is 0 Å². The van der Waals surface area contributed by atoms with Gasteiger partial charge in [0.1, 0.15) is 23.8 Å². The molecule has 0 radical (unpaired) electrons. The van der Waals surface area contributed by atoms with Gasteiger partial charge >= 0.3 is 0 Å². The van der Waals surface area contributed by atoms with Crippen LogP contribution < -0.4 is 0 Å². The molecule has 0 fully saturated rings. The Bertz CT molecular complexity index is 628. The number of rotatable bonds is 2. The standard InChI is InChI=1S/C16H14F2O2/c17-11-5-6-14(18)13(9-11)15(19)16-12-4-2-1-3-10(12)7-8-20-16/h1-6,9,15-16,19H,7-8H2. The van der Waals surface area contributed by atoms with Gasteiger partial charge in [0.2, 0.25) is 0 Å². The first kappa shape index (κ1) is 13.2. The zero-order valence-corrected chi connectivity index (χ0v) is 10.7. The average molecular weight is 276 g/mol. The van der Waals surface area contributed by atoms with Crippen molar-refractivity contribution in [2.75, 3.05) is 6.61 Å². The highest BCUT2D eigenvalue weighted by Gasteiger charge is 2.30. The predicted octanol–water partition coefficient (Wildman–Crippen LogP) is 3.31. The van der Waals surface area contributed by atoms with Crippen molar-refractivity contribution in [1.82, 2.24) is 0 Å². The zero-order chi connectivity index (χ0) is 14.1. The third-order valence-electron chi connectivity index (χ3n) is 3.59. The van der Waals surface area contributed by atoms with Crippen molar-refractivity contribution in [3.8, 4) is 0 Å². The molecule has 0 saturated heterocycles. The van der Waals surface area contributed by atoms with Crippen LogP contribution in [0.25, 0.3) is 0 Å². The van der Waals surface area contributed by atoms with Crippen LogP contribution in [0.3, 0.4) is 0 Å². The first-order valence-corrected chi connectivity index (χ1v) is 6.49. The van der Waals surface area contributed by atoms with E-state index in [1.807, 2.05) is 24.3 Å². The largest absolute Gasteiger partial charge is 0.385 e. The molecule has 20 heavy (non-hydrogen) atoms. The van der Waals surface area contributed by atoms with Crippen LogP contribution in [0.1, 0.15) is 28.9 Å². The number of hydrogen-bond donors (Lipinski definition) is 1. The molecule has 0 spiro atoms. The van der Waals surface area contributed by atoms with Crippen LogP contribution >= 0.6 is 0 Å². The lowest BCUT2D eigenvalue weighted by molar-refractivity contribution is -0.0496. The highest BCUT2D eigenvalue weighted by Crippen LogP contribution is 2.37. The third-order valence-corrected chi connectivity index (χ3v) is 3.59. The van der Waals surface area contributed by atoms with Crippen LogP contribution in [0.15, 0.2) is 42.5 Å². The monoisotopic (exact) mass is 276 g/mol. The van der Waals surface area contributed by atoms with Crippen molar-refractivity contribution < 1.29 is 18.6 Å². The van der Waals surface area contributed by atoms with E-state index in [1.54, 1.807) is 0 Å². The van der Waals surface area contributed by atoms with Gasteiger partial charge < -0.3 is 9.84 Å². The molecule has 2 aromatic rings. The molecule has 2 nitrogen and oxygen atoms in total. The van der Waals surface area contributed by atoms with E-state index in [1.165, 1.54) is 0 Å². The van der Waals surface area contributed by atoms with Gasteiger partial charge in [0.05, 0.1) is 6.61 Å². The van der Waals surface area contributed by atoms with E-state index in [-0.39, 0.29) is 5.56 Å². The summed E-state index contributed by atoms with van der Waals surface area (Å²) in [5.74, 6) is -1.21. The molecular weight excluding hydrogens is 262 g/mol. The highest BCUT2D eigenvalue weighted by atomic mass is 19.1. The molecule has 2 atom stereocenters. The van der Waals surface area contributed by atoms with E-state index in [0.29, 0.717) is 6.61 Å². The van der Waals surface area contributed by atoms with Crippen LogP contribution in [0.2, 0.25) is 0 Å². The lowest BCUT2D eigenvalue weighted by Gasteiger charge is -2.30. The Morgan fingerprint density at radius 1 is 1.15 bits per heavy atom. The number of ether oxygens (including phenoxy) is 1. The van der Waals surface area contributed by atoms with Gasteiger partial charge in [-0.3, -0.25) is 0 Å². The van der Waals surface area contributed by atoms with Crippen molar-refractivity contribution in [1.29, 1.82) is 0 Å². The van der Waals surface area contributed by atoms with Crippen molar-refractivity contribution in [3.05, 3.63) is 70.8 Å². The maximum Gasteiger partial charge on any atom is 0.129 e. The molecule has 0 amide bonds. The molecule has 2 aromatic carbocycles. The molecule has 0 saturated carbocycles. The SMILES string of the molecule is OC(c1cc(F)ccc1F)C1OCCc2ccccc21. The fourth-order valence-electron chi connectivity index (χ4n) is 2.59. The lowest BCUT2D eigenvalue weighted by Crippen LogP contribution is -2.22. The maximum atomic E-state index is 13.8. The molecular formula is C16H14F2O2. The number of halogens is 2. The Morgan fingerprint density at radius 3 is 2.80 bits per heavy atom. The Morgan fingerprint density at radius 2 is 1.95 bits per heavy atom. The molecule has 0 aromatic heterocycles. The van der Waals surface area contributed by atoms with Crippen LogP contribution in [0.4, 0.5) is 8.78 Å². The highest BCUT2D eigenvalue weighted by molar-refractivity contribution is 5.34. The van der Waals surface area contributed by atoms with Crippen molar-refractivity contribution >= 4 is 0 Å². The smallest absolute Gasteiger partial charge is 0.129 e. The second kappa shape index (κ2) is 5.31. The van der Waals surface area contributed by atoms with Gasteiger partial charge in [-0.05, 0) is 35.7 Å². The van der Waals surface area contributed by atoms with Crippen molar-refractivity contribution in [3.63, 3.8) is 0 Å². The fourth-order valence-corrected chi connectivity index (χ4v) is 2.59. The lowest BCUT2D eigenvalue weighted by atomic mass is 9.91. The van der Waals surface area contributed by atoms with Crippen LogP contribution in [-0.2, 0) is 11.2 Å². The third kappa shape index (κ3) is 2.32. The number of hydrogen-bond acceptors (Lipinski definition) is 2. The molecule has 1 aliphatic heterocycles. The molecule has 2 unspecified atom stereocenters. The minimum atomic E-state index is -1.23. The molecule has 3 rings (SSSR count). The molecule has 0 bridgehead atoms. The van der Waals surface area contributed by atoms with Crippen LogP contribution in [0, 0.1) is 11.6 Å². The molecule has 1 heterocycles. The number of aliphatic hydroxyl groups is 1. The number of benzene rings is 2. The maximum absolute atomic E-state index is 13.8. The van der Waals surface area contributed by atoms with E-state index in [0.717, 1.165) is 35.7 Å². The first-order chi connectivity index (χ1) is 9.66. The summed E-state index contributed by atoms with van der Waals surface area (Å²) in [5.41, 5.74) is 1.82. The van der Waals surface area contributed by atoms with Gasteiger partial charge in [-0.1, -0.05) is 24.3 Å². The Labute approximate surface area is 115 Å². The summed E-state index contributed by atoms with van der Waals surface area (Å²) < 4.78 is 32.6. The van der Waals surface area contributed by atoms with Crippen molar-refractivity contribution in [2.24, 2.45) is 0 Å². The van der Waals surface area contributed by atoms with Gasteiger partial charge in [0.25, 0.3) is 0 Å². The number of fused-ring (bicyclic) bond motifs is 1. The predicted molar refractivity (Wildman–Crippen MR) is 70.2 cm³/mol. The minimum absolute atomic E-state index is 0.0771. The summed E-state index contributed by atoms with van der Waals surface area (Å²) >= 11 is 0. The Balaban J connectivity index is 1.99. The molecule has 104 valence electrons. The summed E-state index contributed by atoms with van der Waals surface area (Å²) in [5, 5.41) is 10.4. The Hall–Kier alpha value is -1.78. The van der Waals surface area contributed by atoms with Crippen LogP contribution in [-0.4, -0.2) is 11.7 Å². The summed E-state index contributed by atoms with van der Waals surface area (Å²) in [7, 11) is 0. The second-order valence-corrected chi connectivity index (χ2v) is 4.85. The van der Waals surface area contributed by atoms with Gasteiger partial charge in [0.15, 0.2) is 0 Å².